The van der Waals surface area contributed by atoms with Crippen LogP contribution in [0.25, 0.3) is 10.2 Å². The number of likely N-dealkylation sites (tertiary alicyclic amines) is 1. The summed E-state index contributed by atoms with van der Waals surface area (Å²) < 4.78 is 1.18. The fourth-order valence-electron chi connectivity index (χ4n) is 4.48. The van der Waals surface area contributed by atoms with Crippen LogP contribution in [0.15, 0.2) is 35.7 Å². The van der Waals surface area contributed by atoms with E-state index in [2.05, 4.69) is 27.7 Å². The van der Waals surface area contributed by atoms with Gasteiger partial charge in [0, 0.05) is 28.9 Å². The number of rotatable bonds is 6. The van der Waals surface area contributed by atoms with E-state index in [0.29, 0.717) is 12.3 Å². The summed E-state index contributed by atoms with van der Waals surface area (Å²) in [5.74, 6) is 0.689. The average Bonchev–Trinajstić information content (AvgIpc) is 3.35. The van der Waals surface area contributed by atoms with Crippen LogP contribution in [-0.4, -0.2) is 34.9 Å². The molecule has 0 radical (unpaired) electrons. The van der Waals surface area contributed by atoms with Gasteiger partial charge in [0.05, 0.1) is 15.2 Å². The molecular formula is C23H27N3OS2. The van der Waals surface area contributed by atoms with Crippen molar-refractivity contribution in [1.29, 1.82) is 0 Å². The molecule has 5 rings (SSSR count). The third-order valence-electron chi connectivity index (χ3n) is 6.24. The van der Waals surface area contributed by atoms with Crippen molar-refractivity contribution in [2.45, 2.75) is 56.9 Å². The molecule has 3 heterocycles. The van der Waals surface area contributed by atoms with Gasteiger partial charge in [0.1, 0.15) is 0 Å². The van der Waals surface area contributed by atoms with Crippen molar-refractivity contribution in [3.05, 3.63) is 45.6 Å². The number of hydrogen-bond acceptors (Lipinski definition) is 5. The average molecular weight is 426 g/mol. The van der Waals surface area contributed by atoms with Crippen molar-refractivity contribution in [1.82, 2.24) is 9.88 Å². The summed E-state index contributed by atoms with van der Waals surface area (Å²) in [7, 11) is 0. The third-order valence-corrected chi connectivity index (χ3v) is 8.35. The molecule has 0 bridgehead atoms. The molecule has 2 aliphatic rings. The van der Waals surface area contributed by atoms with E-state index in [1.54, 1.807) is 22.7 Å². The topological polar surface area (TPSA) is 45.2 Å². The number of piperidine rings is 1. The maximum absolute atomic E-state index is 12.3. The molecule has 0 unspecified atom stereocenters. The minimum absolute atomic E-state index is 0.0749. The Kier molecular flexibility index (Phi) is 5.66. The molecule has 1 N–H and O–H groups in total. The summed E-state index contributed by atoms with van der Waals surface area (Å²) in [4.78, 5) is 21.1. The van der Waals surface area contributed by atoms with Crippen LogP contribution in [-0.2, 0) is 11.2 Å². The standard InChI is InChI=1S/C23H27N3OS2/c27-22(9-7-19-5-4-12-28-19)24-17-6-8-20-21(15-17)29-23(25-20)16-13-18(14-16)26-10-2-1-3-11-26/h4-6,8,12,15-16,18H,1-3,7,9-11,13-14H2,(H,24,27). The molecule has 0 spiro atoms. The number of benzene rings is 1. The predicted molar refractivity (Wildman–Crippen MR) is 122 cm³/mol. The Hall–Kier alpha value is -1.76. The van der Waals surface area contributed by atoms with Gasteiger partial charge in [-0.1, -0.05) is 12.5 Å². The van der Waals surface area contributed by atoms with Crippen LogP contribution in [0.2, 0.25) is 0 Å². The first-order valence-electron chi connectivity index (χ1n) is 10.7. The van der Waals surface area contributed by atoms with Crippen molar-refractivity contribution in [2.75, 3.05) is 18.4 Å². The largest absolute Gasteiger partial charge is 0.326 e. The first kappa shape index (κ1) is 19.2. The highest BCUT2D eigenvalue weighted by Gasteiger charge is 2.36. The van der Waals surface area contributed by atoms with Gasteiger partial charge in [-0.05, 0) is 74.8 Å². The number of nitrogens with one attached hydrogen (secondary N) is 1. The third kappa shape index (κ3) is 4.39. The Morgan fingerprint density at radius 2 is 2.03 bits per heavy atom. The van der Waals surface area contributed by atoms with Crippen molar-refractivity contribution in [3.63, 3.8) is 0 Å². The lowest BCUT2D eigenvalue weighted by atomic mass is 9.79. The van der Waals surface area contributed by atoms with E-state index in [-0.39, 0.29) is 5.91 Å². The molecular weight excluding hydrogens is 398 g/mol. The van der Waals surface area contributed by atoms with E-state index < -0.39 is 0 Å². The highest BCUT2D eigenvalue weighted by Crippen LogP contribution is 2.43. The molecule has 2 aromatic heterocycles. The lowest BCUT2D eigenvalue weighted by Gasteiger charge is -2.43. The molecule has 29 heavy (non-hydrogen) atoms. The number of fused-ring (bicyclic) bond motifs is 1. The van der Waals surface area contributed by atoms with Gasteiger partial charge in [-0.3, -0.25) is 4.79 Å². The molecule has 1 saturated carbocycles. The van der Waals surface area contributed by atoms with Crippen LogP contribution in [0.4, 0.5) is 5.69 Å². The van der Waals surface area contributed by atoms with Gasteiger partial charge in [-0.2, -0.15) is 0 Å². The molecule has 0 atom stereocenters. The number of carbonyl (C=O) groups is 1. The Morgan fingerprint density at radius 1 is 1.17 bits per heavy atom. The summed E-state index contributed by atoms with van der Waals surface area (Å²) in [6.07, 6.45) is 7.96. The summed E-state index contributed by atoms with van der Waals surface area (Å²) in [5, 5.41) is 6.38. The van der Waals surface area contributed by atoms with E-state index >= 15 is 0 Å². The number of thiazole rings is 1. The second kappa shape index (κ2) is 8.54. The van der Waals surface area contributed by atoms with Gasteiger partial charge < -0.3 is 10.2 Å². The monoisotopic (exact) mass is 425 g/mol. The zero-order chi connectivity index (χ0) is 19.6. The summed E-state index contributed by atoms with van der Waals surface area (Å²) in [5.41, 5.74) is 1.94. The number of thiophene rings is 1. The first-order chi connectivity index (χ1) is 14.2. The zero-order valence-electron chi connectivity index (χ0n) is 16.6. The maximum Gasteiger partial charge on any atom is 0.224 e. The van der Waals surface area contributed by atoms with Crippen LogP contribution in [0.3, 0.4) is 0 Å². The number of nitrogens with zero attached hydrogens (tertiary/aromatic N) is 2. The molecule has 2 fully saturated rings. The van der Waals surface area contributed by atoms with Crippen molar-refractivity contribution in [3.8, 4) is 0 Å². The minimum Gasteiger partial charge on any atom is -0.326 e. The second-order valence-electron chi connectivity index (χ2n) is 8.28. The molecule has 3 aromatic rings. The number of hydrogen-bond donors (Lipinski definition) is 1. The molecule has 152 valence electrons. The van der Waals surface area contributed by atoms with E-state index in [1.807, 2.05) is 18.2 Å². The summed E-state index contributed by atoms with van der Waals surface area (Å²) in [6, 6.07) is 11.0. The highest BCUT2D eigenvalue weighted by atomic mass is 32.1. The van der Waals surface area contributed by atoms with E-state index in [1.165, 1.54) is 59.8 Å². The fraction of sp³-hybridized carbons (Fsp3) is 0.478. The molecule has 1 aliphatic carbocycles. The highest BCUT2D eigenvalue weighted by molar-refractivity contribution is 7.18. The molecule has 1 aromatic carbocycles. The minimum atomic E-state index is 0.0749. The Labute approximate surface area is 180 Å². The summed E-state index contributed by atoms with van der Waals surface area (Å²) in [6.45, 7) is 2.57. The van der Waals surface area contributed by atoms with Crippen molar-refractivity contribution < 1.29 is 4.79 Å². The second-order valence-corrected chi connectivity index (χ2v) is 10.4. The Bertz CT molecular complexity index is 969. The molecule has 6 heteroatoms. The van der Waals surface area contributed by atoms with E-state index in [0.717, 1.165) is 23.7 Å². The smallest absolute Gasteiger partial charge is 0.224 e. The fourth-order valence-corrected chi connectivity index (χ4v) is 6.32. The molecule has 1 saturated heterocycles. The number of amides is 1. The molecule has 1 amide bonds. The van der Waals surface area contributed by atoms with Crippen molar-refractivity contribution >= 4 is 44.5 Å². The quantitative estimate of drug-likeness (QED) is 0.554. The Balaban J connectivity index is 1.18. The lowest BCUT2D eigenvalue weighted by molar-refractivity contribution is -0.116. The maximum atomic E-state index is 12.3. The zero-order valence-corrected chi connectivity index (χ0v) is 18.2. The number of anilines is 1. The molecule has 1 aliphatic heterocycles. The normalized spacial score (nSPS) is 22.5. The van der Waals surface area contributed by atoms with E-state index in [9.17, 15) is 4.79 Å². The molecule has 4 nitrogen and oxygen atoms in total. The number of aromatic nitrogens is 1. The van der Waals surface area contributed by atoms with Gasteiger partial charge in [-0.15, -0.1) is 22.7 Å². The van der Waals surface area contributed by atoms with Crippen LogP contribution in [0.5, 0.6) is 0 Å². The number of aryl methyl sites for hydroxylation is 1. The summed E-state index contributed by atoms with van der Waals surface area (Å²) >= 11 is 3.51. The van der Waals surface area contributed by atoms with Crippen LogP contribution in [0.1, 0.15) is 54.3 Å². The Morgan fingerprint density at radius 3 is 2.83 bits per heavy atom. The van der Waals surface area contributed by atoms with Gasteiger partial charge in [0.15, 0.2) is 0 Å². The SMILES string of the molecule is O=C(CCc1cccs1)Nc1ccc2nc(C3CC(N4CCCCC4)C3)sc2c1. The number of carbonyl (C=O) groups excluding carboxylic acids is 1. The predicted octanol–water partition coefficient (Wildman–Crippen LogP) is 5.66. The van der Waals surface area contributed by atoms with Gasteiger partial charge in [0.25, 0.3) is 0 Å². The van der Waals surface area contributed by atoms with Crippen LogP contribution < -0.4 is 5.32 Å². The van der Waals surface area contributed by atoms with Gasteiger partial charge in [0.2, 0.25) is 5.91 Å². The lowest BCUT2D eigenvalue weighted by Crippen LogP contribution is -2.46. The first-order valence-corrected chi connectivity index (χ1v) is 12.4. The van der Waals surface area contributed by atoms with Crippen LogP contribution in [0, 0.1) is 0 Å². The van der Waals surface area contributed by atoms with Crippen LogP contribution >= 0.6 is 22.7 Å². The van der Waals surface area contributed by atoms with E-state index in [4.69, 9.17) is 4.98 Å². The van der Waals surface area contributed by atoms with Gasteiger partial charge in [-0.25, -0.2) is 4.98 Å². The van der Waals surface area contributed by atoms with Crippen molar-refractivity contribution in [2.24, 2.45) is 0 Å². The van der Waals surface area contributed by atoms with Gasteiger partial charge >= 0.3 is 0 Å².